The molecule has 0 heterocycles. The van der Waals surface area contributed by atoms with E-state index in [9.17, 15) is 13.2 Å². The van der Waals surface area contributed by atoms with Crippen LogP contribution in [0, 0.1) is 11.3 Å². The summed E-state index contributed by atoms with van der Waals surface area (Å²) in [5, 5.41) is 7.72. The number of hydrogen-bond acceptors (Lipinski definition) is 4. The highest BCUT2D eigenvalue weighted by molar-refractivity contribution is 7.89. The van der Waals surface area contributed by atoms with Crippen molar-refractivity contribution in [2.45, 2.75) is 24.8 Å². The number of nitrogens with two attached hydrogens (primary N) is 2. The summed E-state index contributed by atoms with van der Waals surface area (Å²) in [6, 6.07) is 5.56. The van der Waals surface area contributed by atoms with Crippen LogP contribution in [0.15, 0.2) is 29.2 Å². The van der Waals surface area contributed by atoms with Gasteiger partial charge in [0.25, 0.3) is 0 Å². The molecule has 0 radical (unpaired) electrons. The van der Waals surface area contributed by atoms with E-state index < -0.39 is 15.4 Å². The summed E-state index contributed by atoms with van der Waals surface area (Å²) < 4.78 is 22.2. The Hall–Kier alpha value is -1.44. The first-order chi connectivity index (χ1) is 8.67. The van der Waals surface area contributed by atoms with Crippen molar-refractivity contribution in [2.75, 3.05) is 5.32 Å². The molecule has 1 aromatic rings. The van der Waals surface area contributed by atoms with Crippen LogP contribution in [-0.2, 0) is 14.8 Å². The topological polar surface area (TPSA) is 115 Å². The molecule has 2 unspecified atom stereocenters. The molecule has 19 heavy (non-hydrogen) atoms. The Balaban J connectivity index is 2.11. The molecule has 6 nitrogen and oxygen atoms in total. The Morgan fingerprint density at radius 1 is 1.32 bits per heavy atom. The molecule has 2 rings (SSSR count). The predicted molar refractivity (Wildman–Crippen MR) is 71.7 cm³/mol. The van der Waals surface area contributed by atoms with Crippen LogP contribution >= 0.6 is 0 Å². The summed E-state index contributed by atoms with van der Waals surface area (Å²) in [5.41, 5.74) is 5.78. The molecule has 1 aliphatic carbocycles. The maximum atomic E-state index is 12.1. The lowest BCUT2D eigenvalue weighted by Crippen LogP contribution is -2.27. The fraction of sp³-hybridized carbons (Fsp3) is 0.417. The molecular formula is C12H17N3O3S. The van der Waals surface area contributed by atoms with Crippen molar-refractivity contribution in [1.29, 1.82) is 0 Å². The smallest absolute Gasteiger partial charge is 0.238 e. The van der Waals surface area contributed by atoms with E-state index >= 15 is 0 Å². The van der Waals surface area contributed by atoms with E-state index in [0.717, 1.165) is 0 Å². The van der Waals surface area contributed by atoms with Gasteiger partial charge >= 0.3 is 0 Å². The monoisotopic (exact) mass is 283 g/mol. The van der Waals surface area contributed by atoms with Gasteiger partial charge in [-0.15, -0.1) is 0 Å². The Kier molecular flexibility index (Phi) is 3.16. The lowest BCUT2D eigenvalue weighted by molar-refractivity contribution is -0.121. The number of primary sulfonamides is 1. The molecule has 1 fully saturated rings. The van der Waals surface area contributed by atoms with E-state index in [0.29, 0.717) is 5.69 Å². The Morgan fingerprint density at radius 3 is 2.16 bits per heavy atom. The normalized spacial score (nSPS) is 29.9. The molecular weight excluding hydrogens is 266 g/mol. The Bertz CT molecular complexity index is 602. The van der Waals surface area contributed by atoms with Crippen LogP contribution < -0.4 is 16.2 Å². The molecule has 3 atom stereocenters. The van der Waals surface area contributed by atoms with Crippen LogP contribution in [0.1, 0.15) is 13.8 Å². The number of hydrogen-bond donors (Lipinski definition) is 3. The fourth-order valence-electron chi connectivity index (χ4n) is 2.12. The first-order valence-electron chi connectivity index (χ1n) is 5.87. The first kappa shape index (κ1) is 14.0. The second kappa shape index (κ2) is 4.29. The second-order valence-corrected chi connectivity index (χ2v) is 6.68. The number of anilines is 1. The van der Waals surface area contributed by atoms with E-state index in [1.807, 2.05) is 13.8 Å². The molecule has 5 N–H and O–H groups in total. The lowest BCUT2D eigenvalue weighted by atomic mass is 10.1. The third kappa shape index (κ3) is 2.36. The van der Waals surface area contributed by atoms with Crippen molar-refractivity contribution in [1.82, 2.24) is 0 Å². The van der Waals surface area contributed by atoms with Crippen molar-refractivity contribution < 1.29 is 13.2 Å². The Morgan fingerprint density at radius 2 is 1.79 bits per heavy atom. The minimum absolute atomic E-state index is 0.00759. The van der Waals surface area contributed by atoms with Crippen molar-refractivity contribution in [3.8, 4) is 0 Å². The SMILES string of the molecule is C[C@H]1C(N)C1(C)C(=O)Nc1ccc(S(N)(=O)=O)cc1. The van der Waals surface area contributed by atoms with Gasteiger partial charge in [0.2, 0.25) is 15.9 Å². The Labute approximate surface area is 112 Å². The number of amides is 1. The minimum Gasteiger partial charge on any atom is -0.326 e. The van der Waals surface area contributed by atoms with E-state index in [1.54, 1.807) is 0 Å². The fourth-order valence-corrected chi connectivity index (χ4v) is 2.63. The molecule has 104 valence electrons. The zero-order chi connectivity index (χ0) is 14.4. The van der Waals surface area contributed by atoms with Gasteiger partial charge < -0.3 is 11.1 Å². The first-order valence-corrected chi connectivity index (χ1v) is 7.42. The van der Waals surface area contributed by atoms with Gasteiger partial charge in [0.15, 0.2) is 0 Å². The molecule has 0 aliphatic heterocycles. The van der Waals surface area contributed by atoms with Crippen LogP contribution in [0.3, 0.4) is 0 Å². The molecule has 0 bridgehead atoms. The maximum absolute atomic E-state index is 12.1. The predicted octanol–water partition coefficient (Wildman–Crippen LogP) is 0.256. The van der Waals surface area contributed by atoms with Crippen LogP contribution in [0.5, 0.6) is 0 Å². The third-order valence-corrected chi connectivity index (χ3v) is 4.93. The summed E-state index contributed by atoms with van der Waals surface area (Å²) in [4.78, 5) is 12.1. The number of carbonyl (C=O) groups is 1. The van der Waals surface area contributed by atoms with Gasteiger partial charge in [-0.2, -0.15) is 0 Å². The van der Waals surface area contributed by atoms with Gasteiger partial charge in [0.1, 0.15) is 0 Å². The number of sulfonamides is 1. The largest absolute Gasteiger partial charge is 0.326 e. The molecule has 0 saturated heterocycles. The molecule has 1 amide bonds. The second-order valence-electron chi connectivity index (χ2n) is 5.12. The van der Waals surface area contributed by atoms with E-state index in [4.69, 9.17) is 10.9 Å². The van der Waals surface area contributed by atoms with Crippen LogP contribution in [0.4, 0.5) is 5.69 Å². The minimum atomic E-state index is -3.71. The molecule has 0 spiro atoms. The number of nitrogens with one attached hydrogen (secondary N) is 1. The average Bonchev–Trinajstić information content (AvgIpc) is 2.82. The summed E-state index contributed by atoms with van der Waals surface area (Å²) >= 11 is 0. The van der Waals surface area contributed by atoms with Crippen LogP contribution in [-0.4, -0.2) is 20.4 Å². The molecule has 7 heteroatoms. The van der Waals surface area contributed by atoms with Crippen LogP contribution in [0.25, 0.3) is 0 Å². The van der Waals surface area contributed by atoms with Gasteiger partial charge in [-0.3, -0.25) is 4.79 Å². The molecule has 1 aromatic carbocycles. The number of rotatable bonds is 3. The summed E-state index contributed by atoms with van der Waals surface area (Å²) in [5.74, 6) is -0.0213. The van der Waals surface area contributed by atoms with E-state index in [2.05, 4.69) is 5.32 Å². The van der Waals surface area contributed by atoms with Crippen molar-refractivity contribution in [3.63, 3.8) is 0 Å². The summed E-state index contributed by atoms with van der Waals surface area (Å²) in [6.45, 7) is 3.74. The van der Waals surface area contributed by atoms with E-state index in [-0.39, 0.29) is 22.8 Å². The molecule has 1 aliphatic rings. The summed E-state index contributed by atoms with van der Waals surface area (Å²) in [6.07, 6.45) is 0. The van der Waals surface area contributed by atoms with Gasteiger partial charge in [0.05, 0.1) is 10.3 Å². The summed E-state index contributed by atoms with van der Waals surface area (Å²) in [7, 11) is -3.71. The van der Waals surface area contributed by atoms with Crippen molar-refractivity contribution >= 4 is 21.6 Å². The van der Waals surface area contributed by atoms with Crippen LogP contribution in [0.2, 0.25) is 0 Å². The quantitative estimate of drug-likeness (QED) is 0.737. The zero-order valence-corrected chi connectivity index (χ0v) is 11.6. The highest BCUT2D eigenvalue weighted by Gasteiger charge is 2.61. The van der Waals surface area contributed by atoms with Crippen molar-refractivity contribution in [3.05, 3.63) is 24.3 Å². The highest BCUT2D eigenvalue weighted by atomic mass is 32.2. The highest BCUT2D eigenvalue weighted by Crippen LogP contribution is 2.51. The average molecular weight is 283 g/mol. The number of carbonyl (C=O) groups excluding carboxylic acids is 1. The van der Waals surface area contributed by atoms with E-state index in [1.165, 1.54) is 24.3 Å². The molecule has 0 aromatic heterocycles. The van der Waals surface area contributed by atoms with Gasteiger partial charge in [-0.25, -0.2) is 13.6 Å². The lowest BCUT2D eigenvalue weighted by Gasteiger charge is -2.11. The van der Waals surface area contributed by atoms with Crippen molar-refractivity contribution in [2.24, 2.45) is 22.2 Å². The zero-order valence-electron chi connectivity index (χ0n) is 10.8. The maximum Gasteiger partial charge on any atom is 0.238 e. The van der Waals surface area contributed by atoms with Gasteiger partial charge in [-0.1, -0.05) is 6.92 Å². The number of benzene rings is 1. The standard InChI is InChI=1S/C12H17N3O3S/c1-7-10(13)12(7,2)11(16)15-8-3-5-9(6-4-8)19(14,17)18/h3-7,10H,13H2,1-2H3,(H,15,16)(H2,14,17,18)/t7-,10?,12?/m0/s1. The van der Waals surface area contributed by atoms with Gasteiger partial charge in [-0.05, 0) is 37.1 Å². The molecule has 1 saturated carbocycles. The third-order valence-electron chi connectivity index (χ3n) is 4.00. The van der Waals surface area contributed by atoms with Gasteiger partial charge in [0, 0.05) is 11.7 Å².